The van der Waals surface area contributed by atoms with Gasteiger partial charge in [0.15, 0.2) is 5.16 Å². The Balaban J connectivity index is 2.31. The maximum atomic E-state index is 5.67. The van der Waals surface area contributed by atoms with Crippen LogP contribution in [0.25, 0.3) is 0 Å². The Morgan fingerprint density at radius 3 is 2.59 bits per heavy atom. The van der Waals surface area contributed by atoms with Crippen molar-refractivity contribution in [3.8, 4) is 0 Å². The molecular weight excluding hydrogens is 232 g/mol. The molecule has 0 aliphatic heterocycles. The second-order valence-electron chi connectivity index (χ2n) is 3.71. The van der Waals surface area contributed by atoms with Crippen LogP contribution >= 0.6 is 11.8 Å². The maximum absolute atomic E-state index is 5.67. The van der Waals surface area contributed by atoms with Gasteiger partial charge in [0, 0.05) is 24.1 Å². The van der Waals surface area contributed by atoms with Crippen LogP contribution in [0, 0.1) is 13.8 Å². The van der Waals surface area contributed by atoms with Gasteiger partial charge in [-0.15, -0.1) is 0 Å². The van der Waals surface area contributed by atoms with Crippen molar-refractivity contribution in [3.05, 3.63) is 41.3 Å². The van der Waals surface area contributed by atoms with Gasteiger partial charge in [-0.3, -0.25) is 0 Å². The first-order valence-electron chi connectivity index (χ1n) is 5.33. The zero-order valence-electron chi connectivity index (χ0n) is 9.84. The number of hydrogen-bond donors (Lipinski definition) is 1. The van der Waals surface area contributed by atoms with E-state index in [0.29, 0.717) is 6.54 Å². The fourth-order valence-electron chi connectivity index (χ4n) is 1.50. The summed E-state index contributed by atoms with van der Waals surface area (Å²) in [6, 6.07) is 5.80. The first-order valence-corrected chi connectivity index (χ1v) is 6.15. The Morgan fingerprint density at radius 2 is 1.94 bits per heavy atom. The van der Waals surface area contributed by atoms with Gasteiger partial charge < -0.3 is 5.73 Å². The third-order valence-corrected chi connectivity index (χ3v) is 3.15. The summed E-state index contributed by atoms with van der Waals surface area (Å²) >= 11 is 1.45. The van der Waals surface area contributed by atoms with Crippen LogP contribution in [0.15, 0.2) is 34.6 Å². The summed E-state index contributed by atoms with van der Waals surface area (Å²) in [5.74, 6) is 0. The van der Waals surface area contributed by atoms with E-state index in [1.54, 1.807) is 6.20 Å². The predicted molar refractivity (Wildman–Crippen MR) is 67.8 cm³/mol. The summed E-state index contributed by atoms with van der Waals surface area (Å²) in [4.78, 5) is 13.1. The predicted octanol–water partition coefficient (Wildman–Crippen LogP) is 2.10. The van der Waals surface area contributed by atoms with Crippen LogP contribution in [-0.2, 0) is 6.54 Å². The van der Waals surface area contributed by atoms with E-state index in [1.165, 1.54) is 11.8 Å². The van der Waals surface area contributed by atoms with Gasteiger partial charge in [-0.05, 0) is 43.3 Å². The molecule has 0 bridgehead atoms. The molecule has 88 valence electrons. The average molecular weight is 246 g/mol. The van der Waals surface area contributed by atoms with Gasteiger partial charge in [-0.1, -0.05) is 6.07 Å². The summed E-state index contributed by atoms with van der Waals surface area (Å²) in [7, 11) is 0. The van der Waals surface area contributed by atoms with Crippen molar-refractivity contribution in [2.75, 3.05) is 0 Å². The molecule has 2 heterocycles. The molecule has 2 rings (SSSR count). The number of aromatic nitrogens is 3. The van der Waals surface area contributed by atoms with E-state index in [0.717, 1.165) is 27.1 Å². The Morgan fingerprint density at radius 1 is 1.24 bits per heavy atom. The van der Waals surface area contributed by atoms with Crippen molar-refractivity contribution in [2.45, 2.75) is 30.6 Å². The molecule has 0 aromatic carbocycles. The van der Waals surface area contributed by atoms with Gasteiger partial charge in [-0.25, -0.2) is 15.0 Å². The topological polar surface area (TPSA) is 64.7 Å². The Kier molecular flexibility index (Phi) is 3.71. The average Bonchev–Trinajstić information content (AvgIpc) is 2.28. The van der Waals surface area contributed by atoms with E-state index in [1.807, 2.05) is 32.0 Å². The van der Waals surface area contributed by atoms with Gasteiger partial charge in [0.1, 0.15) is 5.03 Å². The van der Waals surface area contributed by atoms with Crippen molar-refractivity contribution in [1.82, 2.24) is 15.0 Å². The van der Waals surface area contributed by atoms with E-state index in [4.69, 9.17) is 5.73 Å². The normalized spacial score (nSPS) is 10.5. The molecule has 2 aromatic rings. The molecular formula is C12H14N4S. The van der Waals surface area contributed by atoms with Gasteiger partial charge in [0.05, 0.1) is 0 Å². The molecule has 17 heavy (non-hydrogen) atoms. The van der Waals surface area contributed by atoms with Gasteiger partial charge in [0.25, 0.3) is 0 Å². The quantitative estimate of drug-likeness (QED) is 0.840. The number of nitrogens with zero attached hydrogens (tertiary/aromatic N) is 3. The molecule has 0 aliphatic carbocycles. The molecule has 2 aromatic heterocycles. The zero-order valence-corrected chi connectivity index (χ0v) is 10.7. The molecule has 0 spiro atoms. The summed E-state index contributed by atoms with van der Waals surface area (Å²) in [5.41, 5.74) is 8.61. The van der Waals surface area contributed by atoms with E-state index >= 15 is 0 Å². The highest BCUT2D eigenvalue weighted by Gasteiger charge is 2.07. The molecule has 0 radical (unpaired) electrons. The van der Waals surface area contributed by atoms with Crippen LogP contribution in [0.5, 0.6) is 0 Å². The summed E-state index contributed by atoms with van der Waals surface area (Å²) < 4.78 is 0. The molecule has 0 fully saturated rings. The molecule has 0 amide bonds. The van der Waals surface area contributed by atoms with Crippen LogP contribution in [0.3, 0.4) is 0 Å². The standard InChI is InChI=1S/C12H14N4S/c1-8-6-9(2)16-12(15-8)17-11-10(7-13)4-3-5-14-11/h3-6H,7,13H2,1-2H3. The van der Waals surface area contributed by atoms with Crippen LogP contribution in [0.2, 0.25) is 0 Å². The Labute approximate surface area is 105 Å². The highest BCUT2D eigenvalue weighted by atomic mass is 32.2. The lowest BCUT2D eigenvalue weighted by atomic mass is 10.3. The maximum Gasteiger partial charge on any atom is 0.194 e. The zero-order chi connectivity index (χ0) is 12.3. The SMILES string of the molecule is Cc1cc(C)nc(Sc2ncccc2CN)n1. The van der Waals surface area contributed by atoms with Crippen molar-refractivity contribution >= 4 is 11.8 Å². The Hall–Kier alpha value is -1.46. The number of pyridine rings is 1. The van der Waals surface area contributed by atoms with E-state index in [2.05, 4.69) is 15.0 Å². The summed E-state index contributed by atoms with van der Waals surface area (Å²) in [6.07, 6.45) is 1.75. The monoisotopic (exact) mass is 246 g/mol. The molecule has 0 saturated carbocycles. The lowest BCUT2D eigenvalue weighted by Crippen LogP contribution is -2.00. The smallest absolute Gasteiger partial charge is 0.194 e. The van der Waals surface area contributed by atoms with Crippen molar-refractivity contribution in [1.29, 1.82) is 0 Å². The number of nitrogens with two attached hydrogens (primary N) is 1. The third-order valence-electron chi connectivity index (χ3n) is 2.22. The van der Waals surface area contributed by atoms with Crippen LogP contribution in [-0.4, -0.2) is 15.0 Å². The lowest BCUT2D eigenvalue weighted by molar-refractivity contribution is 0.891. The van der Waals surface area contributed by atoms with Gasteiger partial charge in [0.2, 0.25) is 0 Å². The largest absolute Gasteiger partial charge is 0.326 e. The molecule has 4 nitrogen and oxygen atoms in total. The summed E-state index contributed by atoms with van der Waals surface area (Å²) in [6.45, 7) is 4.39. The molecule has 0 aliphatic rings. The van der Waals surface area contributed by atoms with Crippen molar-refractivity contribution in [2.24, 2.45) is 5.73 Å². The molecule has 2 N–H and O–H groups in total. The third kappa shape index (κ3) is 3.01. The van der Waals surface area contributed by atoms with Gasteiger partial charge >= 0.3 is 0 Å². The second-order valence-corrected chi connectivity index (χ2v) is 4.66. The minimum absolute atomic E-state index is 0.473. The molecule has 0 atom stereocenters. The Bertz CT molecular complexity index is 507. The van der Waals surface area contributed by atoms with Crippen molar-refractivity contribution in [3.63, 3.8) is 0 Å². The molecule has 0 saturated heterocycles. The number of aryl methyl sites for hydroxylation is 2. The number of rotatable bonds is 3. The first-order chi connectivity index (χ1) is 8.19. The van der Waals surface area contributed by atoms with Crippen LogP contribution < -0.4 is 5.73 Å². The number of hydrogen-bond acceptors (Lipinski definition) is 5. The minimum atomic E-state index is 0.473. The highest BCUT2D eigenvalue weighted by molar-refractivity contribution is 7.99. The second kappa shape index (κ2) is 5.25. The lowest BCUT2D eigenvalue weighted by Gasteiger charge is -2.05. The highest BCUT2D eigenvalue weighted by Crippen LogP contribution is 2.25. The van der Waals surface area contributed by atoms with Crippen LogP contribution in [0.1, 0.15) is 17.0 Å². The van der Waals surface area contributed by atoms with Crippen LogP contribution in [0.4, 0.5) is 0 Å². The minimum Gasteiger partial charge on any atom is -0.326 e. The van der Waals surface area contributed by atoms with Crippen molar-refractivity contribution < 1.29 is 0 Å². The first kappa shape index (κ1) is 12.0. The van der Waals surface area contributed by atoms with E-state index in [9.17, 15) is 0 Å². The van der Waals surface area contributed by atoms with E-state index < -0.39 is 0 Å². The molecule has 5 heteroatoms. The fourth-order valence-corrected chi connectivity index (χ4v) is 2.45. The van der Waals surface area contributed by atoms with E-state index in [-0.39, 0.29) is 0 Å². The fraction of sp³-hybridized carbons (Fsp3) is 0.250. The van der Waals surface area contributed by atoms with Gasteiger partial charge in [-0.2, -0.15) is 0 Å². The molecule has 0 unspecified atom stereocenters. The summed E-state index contributed by atoms with van der Waals surface area (Å²) in [5, 5.41) is 1.59.